The van der Waals surface area contributed by atoms with Crippen LogP contribution in [-0.2, 0) is 9.59 Å². The Morgan fingerprint density at radius 2 is 2.00 bits per heavy atom. The van der Waals surface area contributed by atoms with Crippen LogP contribution in [0.15, 0.2) is 4.42 Å². The first-order valence-corrected chi connectivity index (χ1v) is 7.12. The largest absolute Gasteiger partial charge is 0.480 e. The number of carbonyl (C=O) groups is 2. The smallest absolute Gasteiger partial charge is 0.323 e. The molecular formula is C13H20N4O4. The van der Waals surface area contributed by atoms with E-state index < -0.39 is 17.4 Å². The molecule has 0 bridgehead atoms. The van der Waals surface area contributed by atoms with Crippen molar-refractivity contribution in [2.75, 3.05) is 11.9 Å². The molecule has 116 valence electrons. The highest BCUT2D eigenvalue weighted by molar-refractivity contribution is 5.91. The molecule has 1 heterocycles. The molecule has 1 fully saturated rings. The summed E-state index contributed by atoms with van der Waals surface area (Å²) in [5.74, 6) is -0.510. The lowest BCUT2D eigenvalue weighted by Gasteiger charge is -2.27. The van der Waals surface area contributed by atoms with Crippen LogP contribution in [0.1, 0.15) is 51.3 Å². The Morgan fingerprint density at radius 3 is 2.52 bits per heavy atom. The van der Waals surface area contributed by atoms with Gasteiger partial charge in [0.2, 0.25) is 11.8 Å². The van der Waals surface area contributed by atoms with Crippen LogP contribution in [0.3, 0.4) is 0 Å². The Kier molecular flexibility index (Phi) is 4.56. The van der Waals surface area contributed by atoms with Gasteiger partial charge in [0.1, 0.15) is 5.54 Å². The molecule has 21 heavy (non-hydrogen) atoms. The van der Waals surface area contributed by atoms with Gasteiger partial charge in [0, 0.05) is 5.92 Å². The predicted octanol–water partition coefficient (Wildman–Crippen LogP) is 1.12. The van der Waals surface area contributed by atoms with E-state index in [1.54, 1.807) is 13.8 Å². The van der Waals surface area contributed by atoms with Gasteiger partial charge in [-0.3, -0.25) is 20.2 Å². The summed E-state index contributed by atoms with van der Waals surface area (Å²) in [7, 11) is 0. The van der Waals surface area contributed by atoms with Crippen molar-refractivity contribution in [3.63, 3.8) is 0 Å². The van der Waals surface area contributed by atoms with Gasteiger partial charge in [0.15, 0.2) is 0 Å². The first-order valence-electron chi connectivity index (χ1n) is 7.12. The number of aromatic nitrogens is 2. The van der Waals surface area contributed by atoms with E-state index in [0.717, 1.165) is 12.8 Å². The van der Waals surface area contributed by atoms with Gasteiger partial charge in [0.05, 0.1) is 6.54 Å². The summed E-state index contributed by atoms with van der Waals surface area (Å²) in [6, 6.07) is 0.0534. The molecule has 0 unspecified atom stereocenters. The molecule has 0 aromatic carbocycles. The molecule has 1 aliphatic rings. The van der Waals surface area contributed by atoms with Crippen LogP contribution >= 0.6 is 0 Å². The number of nitrogens with zero attached hydrogens (tertiary/aromatic N) is 2. The molecule has 0 saturated heterocycles. The zero-order chi connectivity index (χ0) is 15.5. The van der Waals surface area contributed by atoms with E-state index in [0.29, 0.717) is 24.7 Å². The molecule has 0 radical (unpaired) electrons. The Hall–Kier alpha value is -1.96. The zero-order valence-electron chi connectivity index (χ0n) is 12.2. The van der Waals surface area contributed by atoms with E-state index in [1.807, 2.05) is 0 Å². The van der Waals surface area contributed by atoms with Crippen molar-refractivity contribution < 1.29 is 19.1 Å². The lowest BCUT2D eigenvalue weighted by molar-refractivity contribution is -0.145. The monoisotopic (exact) mass is 296 g/mol. The fourth-order valence-corrected chi connectivity index (χ4v) is 2.07. The van der Waals surface area contributed by atoms with Gasteiger partial charge in [-0.1, -0.05) is 18.9 Å². The summed E-state index contributed by atoms with van der Waals surface area (Å²) in [5, 5.41) is 22.1. The molecule has 8 nitrogen and oxygen atoms in total. The van der Waals surface area contributed by atoms with Crippen molar-refractivity contribution in [3.8, 4) is 0 Å². The van der Waals surface area contributed by atoms with Crippen LogP contribution in [0.2, 0.25) is 0 Å². The molecule has 1 aromatic rings. The summed E-state index contributed by atoms with van der Waals surface area (Å²) >= 11 is 0. The van der Waals surface area contributed by atoms with Crippen molar-refractivity contribution in [1.82, 2.24) is 15.5 Å². The third kappa shape index (κ3) is 3.57. The molecule has 1 amide bonds. The molecule has 1 aliphatic carbocycles. The van der Waals surface area contributed by atoms with Crippen molar-refractivity contribution >= 4 is 17.9 Å². The predicted molar refractivity (Wildman–Crippen MR) is 73.9 cm³/mol. The number of amides is 1. The Morgan fingerprint density at radius 1 is 1.33 bits per heavy atom. The number of hydrogen-bond donors (Lipinski definition) is 3. The van der Waals surface area contributed by atoms with E-state index in [2.05, 4.69) is 20.8 Å². The van der Waals surface area contributed by atoms with Gasteiger partial charge in [-0.25, -0.2) is 0 Å². The van der Waals surface area contributed by atoms with Crippen LogP contribution in [0.5, 0.6) is 0 Å². The Bertz CT molecular complexity index is 520. The molecule has 2 rings (SSSR count). The standard InChI is InChI=1S/C13H20N4O4/c1-3-13(4-2,11(19)20)14-7-9(18)15-12-17-16-10(21-12)8-5-6-8/h8,14H,3-7H2,1-2H3,(H,19,20)(H,15,17,18). The van der Waals surface area contributed by atoms with Gasteiger partial charge in [0.25, 0.3) is 0 Å². The maximum atomic E-state index is 11.8. The number of nitrogens with one attached hydrogen (secondary N) is 2. The topological polar surface area (TPSA) is 117 Å². The van der Waals surface area contributed by atoms with Crippen LogP contribution in [0, 0.1) is 0 Å². The molecule has 8 heteroatoms. The van der Waals surface area contributed by atoms with Crippen molar-refractivity contribution in [3.05, 3.63) is 5.89 Å². The quantitative estimate of drug-likeness (QED) is 0.658. The van der Waals surface area contributed by atoms with Gasteiger partial charge >= 0.3 is 12.0 Å². The molecule has 0 aliphatic heterocycles. The summed E-state index contributed by atoms with van der Waals surface area (Å²) in [4.78, 5) is 23.1. The highest BCUT2D eigenvalue weighted by atomic mass is 16.4. The van der Waals surface area contributed by atoms with Crippen molar-refractivity contribution in [2.24, 2.45) is 0 Å². The molecule has 0 atom stereocenters. The highest BCUT2D eigenvalue weighted by Crippen LogP contribution is 2.39. The number of rotatable bonds is 8. The minimum Gasteiger partial charge on any atom is -0.480 e. The number of carboxylic acids is 1. The lowest BCUT2D eigenvalue weighted by atomic mass is 9.93. The van der Waals surface area contributed by atoms with Gasteiger partial charge < -0.3 is 9.52 Å². The van der Waals surface area contributed by atoms with Gasteiger partial charge in [-0.15, -0.1) is 5.10 Å². The van der Waals surface area contributed by atoms with E-state index in [-0.39, 0.29) is 12.6 Å². The minimum atomic E-state index is -1.09. The number of anilines is 1. The molecular weight excluding hydrogens is 276 g/mol. The normalized spacial score (nSPS) is 15.0. The fraction of sp³-hybridized carbons (Fsp3) is 0.692. The third-order valence-electron chi connectivity index (χ3n) is 3.82. The average Bonchev–Trinajstić information content (AvgIpc) is 3.21. The maximum absolute atomic E-state index is 11.8. The second-order valence-corrected chi connectivity index (χ2v) is 5.22. The number of hydrogen-bond acceptors (Lipinski definition) is 6. The van der Waals surface area contributed by atoms with E-state index in [4.69, 9.17) is 4.42 Å². The Balaban J connectivity index is 1.87. The van der Waals surface area contributed by atoms with Gasteiger partial charge in [-0.2, -0.15) is 0 Å². The summed E-state index contributed by atoms with van der Waals surface area (Å²) < 4.78 is 5.31. The number of carboxylic acid groups (broad SMARTS) is 1. The first kappa shape index (κ1) is 15.4. The fourth-order valence-electron chi connectivity index (χ4n) is 2.07. The van der Waals surface area contributed by atoms with E-state index in [9.17, 15) is 14.7 Å². The van der Waals surface area contributed by atoms with Crippen LogP contribution in [0.4, 0.5) is 6.01 Å². The minimum absolute atomic E-state index is 0.0534. The van der Waals surface area contributed by atoms with E-state index in [1.165, 1.54) is 0 Å². The SMILES string of the molecule is CCC(CC)(NCC(=O)Nc1nnc(C2CC2)o1)C(=O)O. The third-order valence-corrected chi connectivity index (χ3v) is 3.82. The summed E-state index contributed by atoms with van der Waals surface area (Å²) in [6.07, 6.45) is 2.84. The van der Waals surface area contributed by atoms with Crippen molar-refractivity contribution in [1.29, 1.82) is 0 Å². The van der Waals surface area contributed by atoms with Crippen molar-refractivity contribution in [2.45, 2.75) is 51.0 Å². The lowest BCUT2D eigenvalue weighted by Crippen LogP contribution is -2.53. The second-order valence-electron chi connectivity index (χ2n) is 5.22. The summed E-state index contributed by atoms with van der Waals surface area (Å²) in [6.45, 7) is 3.40. The zero-order valence-corrected chi connectivity index (χ0v) is 12.2. The molecule has 1 aromatic heterocycles. The molecule has 0 spiro atoms. The van der Waals surface area contributed by atoms with E-state index >= 15 is 0 Å². The molecule has 3 N–H and O–H groups in total. The number of carbonyl (C=O) groups excluding carboxylic acids is 1. The van der Waals surface area contributed by atoms with Gasteiger partial charge in [-0.05, 0) is 25.7 Å². The Labute approximate surface area is 122 Å². The average molecular weight is 296 g/mol. The van der Waals surface area contributed by atoms with Crippen LogP contribution in [-0.4, -0.2) is 39.3 Å². The van der Waals surface area contributed by atoms with Crippen LogP contribution < -0.4 is 10.6 Å². The molecule has 1 saturated carbocycles. The maximum Gasteiger partial charge on any atom is 0.323 e. The highest BCUT2D eigenvalue weighted by Gasteiger charge is 2.35. The summed E-state index contributed by atoms with van der Waals surface area (Å²) in [5.41, 5.74) is -1.09. The number of aliphatic carboxylic acids is 1. The van der Waals surface area contributed by atoms with Crippen LogP contribution in [0.25, 0.3) is 0 Å². The second kappa shape index (κ2) is 6.21. The first-order chi connectivity index (χ1) is 10.0.